The van der Waals surface area contributed by atoms with Crippen LogP contribution in [0, 0.1) is 5.92 Å². The Labute approximate surface area is 143 Å². The van der Waals surface area contributed by atoms with E-state index in [-0.39, 0.29) is 24.3 Å². The smallest absolute Gasteiger partial charge is 0.248 e. The van der Waals surface area contributed by atoms with Crippen molar-refractivity contribution in [1.29, 1.82) is 0 Å². The van der Waals surface area contributed by atoms with E-state index >= 15 is 0 Å². The normalized spacial score (nSPS) is 17.8. The molecular weight excluding hydrogens is 308 g/mol. The zero-order valence-corrected chi connectivity index (χ0v) is 14.9. The molecule has 2 heterocycles. The van der Waals surface area contributed by atoms with E-state index in [0.717, 1.165) is 38.8 Å². The Kier molecular flexibility index (Phi) is 6.78. The summed E-state index contributed by atoms with van der Waals surface area (Å²) in [5.74, 6) is 0.00767. The highest BCUT2D eigenvalue weighted by Gasteiger charge is 2.29. The molecule has 134 valence electrons. The summed E-state index contributed by atoms with van der Waals surface area (Å²) < 4.78 is 6.69. The Balaban J connectivity index is 1.78. The van der Waals surface area contributed by atoms with Crippen LogP contribution in [-0.4, -0.2) is 71.8 Å². The maximum Gasteiger partial charge on any atom is 0.248 e. The average molecular weight is 336 g/mol. The molecule has 0 N–H and O–H groups in total. The molecule has 1 aromatic rings. The van der Waals surface area contributed by atoms with Crippen molar-refractivity contribution in [2.45, 2.75) is 25.7 Å². The van der Waals surface area contributed by atoms with Gasteiger partial charge in [-0.2, -0.15) is 5.10 Å². The first-order chi connectivity index (χ1) is 11.5. The molecule has 24 heavy (non-hydrogen) atoms. The van der Waals surface area contributed by atoms with Crippen molar-refractivity contribution in [3.63, 3.8) is 0 Å². The summed E-state index contributed by atoms with van der Waals surface area (Å²) >= 11 is 0. The molecule has 0 spiro atoms. The molecule has 2 rings (SSSR count). The van der Waals surface area contributed by atoms with Crippen LogP contribution in [0.1, 0.15) is 24.8 Å². The predicted molar refractivity (Wildman–Crippen MR) is 90.3 cm³/mol. The van der Waals surface area contributed by atoms with Gasteiger partial charge in [-0.05, 0) is 31.2 Å². The van der Waals surface area contributed by atoms with Crippen molar-refractivity contribution in [2.24, 2.45) is 13.0 Å². The number of carbonyl (C=O) groups excluding carboxylic acids is 2. The van der Waals surface area contributed by atoms with Crippen LogP contribution < -0.4 is 0 Å². The molecule has 1 saturated heterocycles. The molecule has 1 atom stereocenters. The van der Waals surface area contributed by atoms with Crippen LogP contribution in [0.5, 0.6) is 0 Å². The zero-order valence-electron chi connectivity index (χ0n) is 14.9. The number of methoxy groups -OCH3 is 1. The van der Waals surface area contributed by atoms with Gasteiger partial charge in [-0.1, -0.05) is 0 Å². The lowest BCUT2D eigenvalue weighted by Crippen LogP contribution is -2.47. The predicted octanol–water partition coefficient (Wildman–Crippen LogP) is 0.696. The topological polar surface area (TPSA) is 67.7 Å². The second-order valence-corrected chi connectivity index (χ2v) is 6.50. The fourth-order valence-electron chi connectivity index (χ4n) is 3.16. The number of aryl methyl sites for hydroxylation is 2. The minimum atomic E-state index is -0.0945. The quantitative estimate of drug-likeness (QED) is 0.735. The van der Waals surface area contributed by atoms with Gasteiger partial charge in [-0.15, -0.1) is 0 Å². The second-order valence-electron chi connectivity index (χ2n) is 6.50. The summed E-state index contributed by atoms with van der Waals surface area (Å²) in [6.07, 6.45) is 7.41. The number of hydrogen-bond donors (Lipinski definition) is 0. The number of nitrogens with zero attached hydrogens (tertiary/aromatic N) is 4. The average Bonchev–Trinajstić information content (AvgIpc) is 2.99. The van der Waals surface area contributed by atoms with E-state index in [1.807, 2.05) is 26.5 Å². The Morgan fingerprint density at radius 2 is 2.25 bits per heavy atom. The SMILES string of the molecule is COCC(=O)N1CCC[C@H](C(=O)N(C)CCCc2cnn(C)c2)C1. The van der Waals surface area contributed by atoms with Crippen LogP contribution in [0.15, 0.2) is 12.4 Å². The fraction of sp³-hybridized carbons (Fsp3) is 0.706. The van der Waals surface area contributed by atoms with Gasteiger partial charge in [0, 0.05) is 47.0 Å². The number of piperidine rings is 1. The minimum Gasteiger partial charge on any atom is -0.375 e. The molecule has 2 amide bonds. The molecule has 0 radical (unpaired) electrons. The molecule has 0 unspecified atom stereocenters. The molecule has 1 aromatic heterocycles. The fourth-order valence-corrected chi connectivity index (χ4v) is 3.16. The van der Waals surface area contributed by atoms with Crippen molar-refractivity contribution in [1.82, 2.24) is 19.6 Å². The molecule has 0 saturated carbocycles. The molecule has 0 aliphatic carbocycles. The molecule has 1 aliphatic rings. The van der Waals surface area contributed by atoms with E-state index < -0.39 is 0 Å². The monoisotopic (exact) mass is 336 g/mol. The number of aromatic nitrogens is 2. The summed E-state index contributed by atoms with van der Waals surface area (Å²) in [5.41, 5.74) is 1.19. The lowest BCUT2D eigenvalue weighted by molar-refractivity contribution is -0.142. The van der Waals surface area contributed by atoms with Gasteiger partial charge in [0.2, 0.25) is 11.8 Å². The minimum absolute atomic E-state index is 0.0331. The lowest BCUT2D eigenvalue weighted by atomic mass is 9.96. The van der Waals surface area contributed by atoms with E-state index in [1.54, 1.807) is 14.5 Å². The van der Waals surface area contributed by atoms with Crippen LogP contribution in [0.2, 0.25) is 0 Å². The summed E-state index contributed by atoms with van der Waals surface area (Å²) in [7, 11) is 5.26. The molecule has 7 heteroatoms. The number of carbonyl (C=O) groups is 2. The third kappa shape index (κ3) is 5.06. The highest BCUT2D eigenvalue weighted by molar-refractivity contribution is 5.81. The van der Waals surface area contributed by atoms with Crippen LogP contribution in [-0.2, 0) is 27.8 Å². The van der Waals surface area contributed by atoms with Crippen LogP contribution in [0.4, 0.5) is 0 Å². The molecule has 1 aliphatic heterocycles. The van der Waals surface area contributed by atoms with Gasteiger partial charge in [-0.25, -0.2) is 0 Å². The van der Waals surface area contributed by atoms with Gasteiger partial charge in [0.1, 0.15) is 6.61 Å². The Hall–Kier alpha value is -1.89. The summed E-state index contributed by atoms with van der Waals surface area (Å²) in [6.45, 7) is 2.03. The van der Waals surface area contributed by atoms with Crippen molar-refractivity contribution < 1.29 is 14.3 Å². The first-order valence-corrected chi connectivity index (χ1v) is 8.50. The molecular formula is C17H28N4O3. The number of rotatable bonds is 7. The first kappa shape index (κ1) is 18.4. The van der Waals surface area contributed by atoms with E-state index in [9.17, 15) is 9.59 Å². The number of amides is 2. The molecule has 0 aromatic carbocycles. The largest absolute Gasteiger partial charge is 0.375 e. The number of hydrogen-bond acceptors (Lipinski definition) is 4. The number of ether oxygens (including phenoxy) is 1. The third-order valence-corrected chi connectivity index (χ3v) is 4.48. The molecule has 1 fully saturated rings. The van der Waals surface area contributed by atoms with E-state index in [0.29, 0.717) is 6.54 Å². The van der Waals surface area contributed by atoms with Crippen LogP contribution in [0.25, 0.3) is 0 Å². The molecule has 0 bridgehead atoms. The van der Waals surface area contributed by atoms with Crippen LogP contribution in [0.3, 0.4) is 0 Å². The van der Waals surface area contributed by atoms with Gasteiger partial charge < -0.3 is 14.5 Å². The van der Waals surface area contributed by atoms with Crippen molar-refractivity contribution in [3.05, 3.63) is 18.0 Å². The van der Waals surface area contributed by atoms with Gasteiger partial charge in [0.15, 0.2) is 0 Å². The van der Waals surface area contributed by atoms with E-state index in [2.05, 4.69) is 5.10 Å². The van der Waals surface area contributed by atoms with Crippen LogP contribution >= 0.6 is 0 Å². The summed E-state index contributed by atoms with van der Waals surface area (Å²) in [6, 6.07) is 0. The lowest BCUT2D eigenvalue weighted by Gasteiger charge is -2.34. The van der Waals surface area contributed by atoms with Gasteiger partial charge in [0.25, 0.3) is 0 Å². The highest BCUT2D eigenvalue weighted by Crippen LogP contribution is 2.19. The standard InChI is InChI=1S/C17H28N4O3/c1-19(8-4-6-14-10-18-20(2)11-14)17(23)15-7-5-9-21(12-15)16(22)13-24-3/h10-11,15H,4-9,12-13H2,1-3H3/t15-/m0/s1. The second kappa shape index (κ2) is 8.82. The van der Waals surface area contributed by atoms with Gasteiger partial charge in [0.05, 0.1) is 12.1 Å². The highest BCUT2D eigenvalue weighted by atomic mass is 16.5. The molecule has 7 nitrogen and oxygen atoms in total. The van der Waals surface area contributed by atoms with Gasteiger partial charge >= 0.3 is 0 Å². The maximum atomic E-state index is 12.6. The van der Waals surface area contributed by atoms with Crippen molar-refractivity contribution in [2.75, 3.05) is 40.4 Å². The van der Waals surface area contributed by atoms with Crippen molar-refractivity contribution in [3.8, 4) is 0 Å². The first-order valence-electron chi connectivity index (χ1n) is 8.50. The Morgan fingerprint density at radius 1 is 1.46 bits per heavy atom. The Morgan fingerprint density at radius 3 is 2.92 bits per heavy atom. The maximum absolute atomic E-state index is 12.6. The van der Waals surface area contributed by atoms with E-state index in [4.69, 9.17) is 4.74 Å². The zero-order chi connectivity index (χ0) is 17.5. The number of likely N-dealkylation sites (tertiary alicyclic amines) is 1. The third-order valence-electron chi connectivity index (χ3n) is 4.48. The summed E-state index contributed by atoms with van der Waals surface area (Å²) in [4.78, 5) is 28.1. The Bertz CT molecular complexity index is 558. The van der Waals surface area contributed by atoms with E-state index in [1.165, 1.54) is 12.7 Å². The van der Waals surface area contributed by atoms with Gasteiger partial charge in [-0.3, -0.25) is 14.3 Å². The summed E-state index contributed by atoms with van der Waals surface area (Å²) in [5, 5.41) is 4.15. The van der Waals surface area contributed by atoms with Crippen molar-refractivity contribution >= 4 is 11.8 Å².